The molecule has 24 heavy (non-hydrogen) atoms. The molecule has 0 N–H and O–H groups in total. The van der Waals surface area contributed by atoms with Gasteiger partial charge in [0.25, 0.3) is 5.69 Å². The zero-order valence-electron chi connectivity index (χ0n) is 13.5. The summed E-state index contributed by atoms with van der Waals surface area (Å²) in [5.74, 6) is 0. The summed E-state index contributed by atoms with van der Waals surface area (Å²) in [6.07, 6.45) is 3.24. The van der Waals surface area contributed by atoms with E-state index >= 15 is 0 Å². The van der Waals surface area contributed by atoms with Crippen LogP contribution in [0, 0.1) is 10.1 Å². The Bertz CT molecular complexity index is 675. The van der Waals surface area contributed by atoms with E-state index in [-0.39, 0.29) is 10.6 Å². The van der Waals surface area contributed by atoms with Crippen molar-refractivity contribution in [2.75, 3.05) is 26.3 Å². The van der Waals surface area contributed by atoms with Crippen molar-refractivity contribution in [3.05, 3.63) is 34.4 Å². The van der Waals surface area contributed by atoms with E-state index in [0.29, 0.717) is 18.9 Å². The fourth-order valence-electron chi connectivity index (χ4n) is 3.55. The van der Waals surface area contributed by atoms with Crippen LogP contribution < -0.4 is 0 Å². The van der Waals surface area contributed by atoms with Gasteiger partial charge in [-0.3, -0.25) is 10.1 Å². The Hall–Kier alpha value is -1.51. The van der Waals surface area contributed by atoms with Crippen molar-refractivity contribution in [3.63, 3.8) is 0 Å². The van der Waals surface area contributed by atoms with E-state index in [1.54, 1.807) is 0 Å². The molecule has 0 aliphatic carbocycles. The van der Waals surface area contributed by atoms with Crippen LogP contribution in [0.3, 0.4) is 0 Å². The Balaban J connectivity index is 1.65. The molecule has 2 saturated heterocycles. The molecule has 2 aliphatic rings. The Labute approximate surface area is 141 Å². The van der Waals surface area contributed by atoms with Crippen molar-refractivity contribution >= 4 is 15.5 Å². The molecule has 2 fully saturated rings. The predicted molar refractivity (Wildman–Crippen MR) is 88.7 cm³/mol. The summed E-state index contributed by atoms with van der Waals surface area (Å²) in [5, 5.41) is 10.3. The smallest absolute Gasteiger partial charge is 0.269 e. The van der Waals surface area contributed by atoms with Gasteiger partial charge in [0.1, 0.15) is 0 Å². The Morgan fingerprint density at radius 2 is 1.62 bits per heavy atom. The SMILES string of the molecule is O=[N+]([O-])c1ccc(S(=O)(=O)C2CCN(C3CCOCC3)CC2)cc1. The molecule has 0 amide bonds. The van der Waals surface area contributed by atoms with Gasteiger partial charge in [-0.25, -0.2) is 8.42 Å². The van der Waals surface area contributed by atoms with Crippen LogP contribution in [0.4, 0.5) is 5.69 Å². The fourth-order valence-corrected chi connectivity index (χ4v) is 5.28. The monoisotopic (exact) mass is 354 g/mol. The zero-order valence-corrected chi connectivity index (χ0v) is 14.3. The molecule has 0 bridgehead atoms. The number of likely N-dealkylation sites (tertiary alicyclic amines) is 1. The first-order valence-corrected chi connectivity index (χ1v) is 9.83. The highest BCUT2D eigenvalue weighted by Crippen LogP contribution is 2.28. The highest BCUT2D eigenvalue weighted by molar-refractivity contribution is 7.92. The van der Waals surface area contributed by atoms with Crippen molar-refractivity contribution in [3.8, 4) is 0 Å². The van der Waals surface area contributed by atoms with Gasteiger partial charge in [-0.15, -0.1) is 0 Å². The number of piperidine rings is 1. The molecule has 0 unspecified atom stereocenters. The lowest BCUT2D eigenvalue weighted by Gasteiger charge is -2.39. The highest BCUT2D eigenvalue weighted by Gasteiger charge is 2.33. The van der Waals surface area contributed by atoms with Gasteiger partial charge in [0.15, 0.2) is 9.84 Å². The Kier molecular flexibility index (Phi) is 5.17. The maximum absolute atomic E-state index is 12.7. The van der Waals surface area contributed by atoms with Gasteiger partial charge in [-0.2, -0.15) is 0 Å². The number of rotatable bonds is 4. The number of nitrogens with zero attached hydrogens (tertiary/aromatic N) is 2. The molecule has 0 saturated carbocycles. The summed E-state index contributed by atoms with van der Waals surface area (Å²) in [5.41, 5.74) is -0.0942. The predicted octanol–water partition coefficient (Wildman–Crippen LogP) is 2.01. The molecule has 1 aromatic carbocycles. The van der Waals surface area contributed by atoms with E-state index in [2.05, 4.69) is 4.90 Å². The first-order chi connectivity index (χ1) is 11.5. The van der Waals surface area contributed by atoms with E-state index in [0.717, 1.165) is 39.1 Å². The lowest BCUT2D eigenvalue weighted by Crippen LogP contribution is -2.46. The van der Waals surface area contributed by atoms with Crippen molar-refractivity contribution in [2.45, 2.75) is 41.9 Å². The minimum absolute atomic E-state index is 0.0942. The minimum atomic E-state index is -3.43. The normalized spacial score (nSPS) is 21.7. The molecule has 132 valence electrons. The van der Waals surface area contributed by atoms with E-state index in [4.69, 9.17) is 4.74 Å². The summed E-state index contributed by atoms with van der Waals surface area (Å²) in [6, 6.07) is 5.70. The van der Waals surface area contributed by atoms with E-state index in [1.807, 2.05) is 0 Å². The van der Waals surface area contributed by atoms with E-state index in [1.165, 1.54) is 24.3 Å². The quantitative estimate of drug-likeness (QED) is 0.607. The number of hydrogen-bond acceptors (Lipinski definition) is 6. The highest BCUT2D eigenvalue weighted by atomic mass is 32.2. The molecule has 1 aromatic rings. The third-order valence-corrected chi connectivity index (χ3v) is 7.28. The number of ether oxygens (including phenoxy) is 1. The summed E-state index contributed by atoms with van der Waals surface area (Å²) in [4.78, 5) is 12.7. The first-order valence-electron chi connectivity index (χ1n) is 8.28. The maximum atomic E-state index is 12.7. The average Bonchev–Trinajstić information content (AvgIpc) is 2.62. The topological polar surface area (TPSA) is 89.8 Å². The van der Waals surface area contributed by atoms with Crippen LogP contribution in [0.2, 0.25) is 0 Å². The molecule has 2 heterocycles. The first kappa shape index (κ1) is 17.3. The van der Waals surface area contributed by atoms with Crippen LogP contribution in [0.25, 0.3) is 0 Å². The number of hydrogen-bond donors (Lipinski definition) is 0. The van der Waals surface area contributed by atoms with Crippen LogP contribution in [-0.4, -0.2) is 55.8 Å². The van der Waals surface area contributed by atoms with Crippen LogP contribution >= 0.6 is 0 Å². The van der Waals surface area contributed by atoms with Gasteiger partial charge in [-0.1, -0.05) is 0 Å². The molecule has 0 atom stereocenters. The molecule has 2 aliphatic heterocycles. The third kappa shape index (κ3) is 3.60. The van der Waals surface area contributed by atoms with Crippen LogP contribution in [-0.2, 0) is 14.6 Å². The van der Waals surface area contributed by atoms with Gasteiger partial charge in [0.2, 0.25) is 0 Å². The maximum Gasteiger partial charge on any atom is 0.269 e. The molecule has 3 rings (SSSR count). The summed E-state index contributed by atoms with van der Waals surface area (Å²) >= 11 is 0. The molecule has 0 spiro atoms. The summed E-state index contributed by atoms with van der Waals surface area (Å²) in [6.45, 7) is 3.13. The second-order valence-corrected chi connectivity index (χ2v) is 8.60. The molecule has 0 aromatic heterocycles. The lowest BCUT2D eigenvalue weighted by atomic mass is 10.0. The second-order valence-electron chi connectivity index (χ2n) is 6.37. The number of non-ortho nitro benzene ring substituents is 1. The zero-order chi connectivity index (χ0) is 17.2. The molecular formula is C16H22N2O5S. The number of benzene rings is 1. The minimum Gasteiger partial charge on any atom is -0.381 e. The fraction of sp³-hybridized carbons (Fsp3) is 0.625. The molecule has 0 radical (unpaired) electrons. The van der Waals surface area contributed by atoms with Crippen molar-refractivity contribution in [1.82, 2.24) is 4.90 Å². The summed E-state index contributed by atoms with van der Waals surface area (Å²) in [7, 11) is -3.43. The molecule has 7 nitrogen and oxygen atoms in total. The van der Waals surface area contributed by atoms with E-state index < -0.39 is 20.0 Å². The number of sulfone groups is 1. The third-order valence-electron chi connectivity index (χ3n) is 5.00. The van der Waals surface area contributed by atoms with Gasteiger partial charge in [-0.05, 0) is 50.9 Å². The van der Waals surface area contributed by atoms with Crippen LogP contribution in [0.5, 0.6) is 0 Å². The van der Waals surface area contributed by atoms with Crippen LogP contribution in [0.15, 0.2) is 29.2 Å². The van der Waals surface area contributed by atoms with Gasteiger partial charge in [0.05, 0.1) is 15.1 Å². The van der Waals surface area contributed by atoms with E-state index in [9.17, 15) is 18.5 Å². The lowest BCUT2D eigenvalue weighted by molar-refractivity contribution is -0.384. The number of nitro groups is 1. The Morgan fingerprint density at radius 1 is 1.04 bits per heavy atom. The van der Waals surface area contributed by atoms with Gasteiger partial charge in [0, 0.05) is 31.4 Å². The van der Waals surface area contributed by atoms with Gasteiger partial charge >= 0.3 is 0 Å². The average molecular weight is 354 g/mol. The Morgan fingerprint density at radius 3 is 2.17 bits per heavy atom. The molecular weight excluding hydrogens is 332 g/mol. The van der Waals surface area contributed by atoms with Gasteiger partial charge < -0.3 is 9.64 Å². The standard InChI is InChI=1S/C16H22N2O5S/c19-18(20)14-1-3-15(4-2-14)24(21,22)16-5-9-17(10-6-16)13-7-11-23-12-8-13/h1-4,13,16H,5-12H2. The second kappa shape index (κ2) is 7.16. The van der Waals surface area contributed by atoms with Crippen molar-refractivity contribution < 1.29 is 18.1 Å². The molecule has 8 heteroatoms. The number of nitro benzene ring substituents is 1. The summed E-state index contributed by atoms with van der Waals surface area (Å²) < 4.78 is 30.9. The van der Waals surface area contributed by atoms with Crippen LogP contribution in [0.1, 0.15) is 25.7 Å². The van der Waals surface area contributed by atoms with Crippen molar-refractivity contribution in [1.29, 1.82) is 0 Å². The largest absolute Gasteiger partial charge is 0.381 e. The van der Waals surface area contributed by atoms with Crippen molar-refractivity contribution in [2.24, 2.45) is 0 Å².